The number of halogens is 1. The van der Waals surface area contributed by atoms with Crippen LogP contribution in [0, 0.1) is 5.41 Å². The second kappa shape index (κ2) is 5.09. The SMILES string of the molecule is CNCC1(C(c2cccc(Br)c2)N(C)C)CC1. The van der Waals surface area contributed by atoms with Crippen LogP contribution in [0.4, 0.5) is 0 Å². The van der Waals surface area contributed by atoms with Gasteiger partial charge in [-0.2, -0.15) is 0 Å². The van der Waals surface area contributed by atoms with Crippen molar-refractivity contribution in [2.45, 2.75) is 18.9 Å². The van der Waals surface area contributed by atoms with Gasteiger partial charge in [0.15, 0.2) is 0 Å². The van der Waals surface area contributed by atoms with Crippen molar-refractivity contribution in [3.05, 3.63) is 34.3 Å². The van der Waals surface area contributed by atoms with Gasteiger partial charge in [0, 0.05) is 22.5 Å². The van der Waals surface area contributed by atoms with E-state index in [0.29, 0.717) is 11.5 Å². The van der Waals surface area contributed by atoms with Crippen molar-refractivity contribution < 1.29 is 0 Å². The number of hydrogen-bond acceptors (Lipinski definition) is 2. The molecule has 1 aliphatic rings. The summed E-state index contributed by atoms with van der Waals surface area (Å²) in [5, 5.41) is 3.35. The molecule has 1 aliphatic carbocycles. The van der Waals surface area contributed by atoms with Gasteiger partial charge in [-0.25, -0.2) is 0 Å². The standard InChI is InChI=1S/C14H21BrN2/c1-16-10-14(7-8-14)13(17(2)3)11-5-4-6-12(15)9-11/h4-6,9,13,16H,7-8,10H2,1-3H3. The molecule has 0 spiro atoms. The fourth-order valence-electron chi connectivity index (χ4n) is 2.94. The molecule has 0 saturated heterocycles. The minimum absolute atomic E-state index is 0.430. The first-order chi connectivity index (χ1) is 8.09. The lowest BCUT2D eigenvalue weighted by Gasteiger charge is -2.33. The smallest absolute Gasteiger partial charge is 0.0410 e. The van der Waals surface area contributed by atoms with E-state index in [1.54, 1.807) is 0 Å². The number of benzene rings is 1. The quantitative estimate of drug-likeness (QED) is 0.898. The van der Waals surface area contributed by atoms with Crippen molar-refractivity contribution in [1.29, 1.82) is 0 Å². The van der Waals surface area contributed by atoms with E-state index in [1.165, 1.54) is 22.9 Å². The monoisotopic (exact) mass is 296 g/mol. The maximum atomic E-state index is 3.57. The number of nitrogens with zero attached hydrogens (tertiary/aromatic N) is 1. The lowest BCUT2D eigenvalue weighted by atomic mass is 9.89. The molecule has 0 bridgehead atoms. The van der Waals surface area contributed by atoms with Gasteiger partial charge in [-0.3, -0.25) is 0 Å². The first kappa shape index (κ1) is 13.1. The van der Waals surface area contributed by atoms with Crippen molar-refractivity contribution in [2.24, 2.45) is 5.41 Å². The van der Waals surface area contributed by atoms with Gasteiger partial charge in [-0.05, 0) is 51.7 Å². The topological polar surface area (TPSA) is 15.3 Å². The Morgan fingerprint density at radius 1 is 1.41 bits per heavy atom. The van der Waals surface area contributed by atoms with Gasteiger partial charge >= 0.3 is 0 Å². The Balaban J connectivity index is 2.30. The number of rotatable bonds is 5. The highest BCUT2D eigenvalue weighted by atomic mass is 79.9. The van der Waals surface area contributed by atoms with Crippen LogP contribution in [0.2, 0.25) is 0 Å². The molecule has 0 aliphatic heterocycles. The Kier molecular flexibility index (Phi) is 3.91. The summed E-state index contributed by atoms with van der Waals surface area (Å²) >= 11 is 3.57. The zero-order valence-electron chi connectivity index (χ0n) is 10.8. The van der Waals surface area contributed by atoms with E-state index in [9.17, 15) is 0 Å². The summed E-state index contributed by atoms with van der Waals surface area (Å²) in [6.45, 7) is 1.10. The molecule has 1 unspecified atom stereocenters. The van der Waals surface area contributed by atoms with Crippen molar-refractivity contribution in [3.63, 3.8) is 0 Å². The average Bonchev–Trinajstić information content (AvgIpc) is 2.98. The van der Waals surface area contributed by atoms with E-state index in [-0.39, 0.29) is 0 Å². The number of hydrogen-bond donors (Lipinski definition) is 1. The van der Waals surface area contributed by atoms with Gasteiger partial charge < -0.3 is 10.2 Å². The summed E-state index contributed by atoms with van der Waals surface area (Å²) in [7, 11) is 6.41. The Morgan fingerprint density at radius 2 is 2.12 bits per heavy atom. The molecule has 0 radical (unpaired) electrons. The highest BCUT2D eigenvalue weighted by Crippen LogP contribution is 2.56. The molecule has 2 rings (SSSR count). The van der Waals surface area contributed by atoms with Crippen molar-refractivity contribution in [2.75, 3.05) is 27.7 Å². The van der Waals surface area contributed by atoms with Gasteiger partial charge in [-0.15, -0.1) is 0 Å². The molecule has 17 heavy (non-hydrogen) atoms. The van der Waals surface area contributed by atoms with Crippen LogP contribution in [-0.4, -0.2) is 32.6 Å². The Hall–Kier alpha value is -0.380. The highest BCUT2D eigenvalue weighted by molar-refractivity contribution is 9.10. The molecule has 1 N–H and O–H groups in total. The fraction of sp³-hybridized carbons (Fsp3) is 0.571. The maximum Gasteiger partial charge on any atom is 0.0410 e. The van der Waals surface area contributed by atoms with E-state index < -0.39 is 0 Å². The minimum Gasteiger partial charge on any atom is -0.319 e. The van der Waals surface area contributed by atoms with Gasteiger partial charge in [0.05, 0.1) is 0 Å². The maximum absolute atomic E-state index is 3.57. The first-order valence-electron chi connectivity index (χ1n) is 6.15. The predicted octanol–water partition coefficient (Wildman–Crippen LogP) is 3.05. The summed E-state index contributed by atoms with van der Waals surface area (Å²) in [5.74, 6) is 0. The van der Waals surface area contributed by atoms with Crippen LogP contribution in [0.3, 0.4) is 0 Å². The first-order valence-corrected chi connectivity index (χ1v) is 6.95. The Morgan fingerprint density at radius 3 is 2.59 bits per heavy atom. The molecule has 1 fully saturated rings. The lowest BCUT2D eigenvalue weighted by Crippen LogP contribution is -2.34. The highest BCUT2D eigenvalue weighted by Gasteiger charge is 2.50. The van der Waals surface area contributed by atoms with Crippen LogP contribution in [-0.2, 0) is 0 Å². The summed E-state index contributed by atoms with van der Waals surface area (Å²) in [6, 6.07) is 9.22. The van der Waals surface area contributed by atoms with Crippen LogP contribution in [0.5, 0.6) is 0 Å². The molecule has 1 saturated carbocycles. The zero-order valence-corrected chi connectivity index (χ0v) is 12.4. The van der Waals surface area contributed by atoms with E-state index in [2.05, 4.69) is 64.5 Å². The van der Waals surface area contributed by atoms with Crippen LogP contribution >= 0.6 is 15.9 Å². The van der Waals surface area contributed by atoms with E-state index in [0.717, 1.165) is 6.54 Å². The summed E-state index contributed by atoms with van der Waals surface area (Å²) < 4.78 is 1.17. The molecule has 3 heteroatoms. The van der Waals surface area contributed by atoms with Crippen molar-refractivity contribution >= 4 is 15.9 Å². The van der Waals surface area contributed by atoms with Gasteiger partial charge in [0.2, 0.25) is 0 Å². The second-order valence-corrected chi connectivity index (χ2v) is 6.23. The molecule has 94 valence electrons. The summed E-state index contributed by atoms with van der Waals surface area (Å²) in [5.41, 5.74) is 1.84. The third kappa shape index (κ3) is 2.72. The zero-order chi connectivity index (χ0) is 12.5. The van der Waals surface area contributed by atoms with Crippen molar-refractivity contribution in [3.8, 4) is 0 Å². The largest absolute Gasteiger partial charge is 0.319 e. The molecule has 1 aromatic rings. The molecule has 0 heterocycles. The molecular formula is C14H21BrN2. The second-order valence-electron chi connectivity index (χ2n) is 5.31. The third-order valence-electron chi connectivity index (χ3n) is 3.68. The van der Waals surface area contributed by atoms with Gasteiger partial charge in [0.25, 0.3) is 0 Å². The van der Waals surface area contributed by atoms with Crippen molar-refractivity contribution in [1.82, 2.24) is 10.2 Å². The molecule has 2 nitrogen and oxygen atoms in total. The van der Waals surface area contributed by atoms with Crippen LogP contribution in [0.15, 0.2) is 28.7 Å². The van der Waals surface area contributed by atoms with Gasteiger partial charge in [0.1, 0.15) is 0 Å². The van der Waals surface area contributed by atoms with Gasteiger partial charge in [-0.1, -0.05) is 28.1 Å². The van der Waals surface area contributed by atoms with Crippen LogP contribution in [0.1, 0.15) is 24.4 Å². The van der Waals surface area contributed by atoms with E-state index in [4.69, 9.17) is 0 Å². The lowest BCUT2D eigenvalue weighted by molar-refractivity contribution is 0.191. The summed E-state index contributed by atoms with van der Waals surface area (Å²) in [4.78, 5) is 2.35. The van der Waals surface area contributed by atoms with E-state index in [1.807, 2.05) is 7.05 Å². The summed E-state index contributed by atoms with van der Waals surface area (Å²) in [6.07, 6.45) is 2.65. The normalized spacial score (nSPS) is 19.4. The Bertz CT molecular complexity index is 386. The molecule has 0 aromatic heterocycles. The Labute approximate surface area is 113 Å². The average molecular weight is 297 g/mol. The molecular weight excluding hydrogens is 276 g/mol. The van der Waals surface area contributed by atoms with Crippen LogP contribution in [0.25, 0.3) is 0 Å². The molecule has 1 atom stereocenters. The number of nitrogens with one attached hydrogen (secondary N) is 1. The fourth-order valence-corrected chi connectivity index (χ4v) is 3.35. The molecule has 0 amide bonds. The van der Waals surface area contributed by atoms with Crippen LogP contribution < -0.4 is 5.32 Å². The molecule has 1 aromatic carbocycles. The third-order valence-corrected chi connectivity index (χ3v) is 4.18. The minimum atomic E-state index is 0.430. The predicted molar refractivity (Wildman–Crippen MR) is 76.2 cm³/mol. The van der Waals surface area contributed by atoms with E-state index >= 15 is 0 Å².